The standard InChI is InChI=1S/C12H12NOSe/c1-3-8-14-9-12-13(2)10-6-4-5-7-11(10)15-12/h1,4-7H,8-9H2,2H3/q+1. The Morgan fingerprint density at radius 1 is 1.47 bits per heavy atom. The number of hydrogen-bond donors (Lipinski definition) is 0. The average molecular weight is 265 g/mol. The zero-order valence-corrected chi connectivity index (χ0v) is 10.3. The predicted molar refractivity (Wildman–Crippen MR) is 60.6 cm³/mol. The van der Waals surface area contributed by atoms with Crippen LogP contribution in [0.1, 0.15) is 4.57 Å². The number of aryl methyl sites for hydroxylation is 1. The van der Waals surface area contributed by atoms with Crippen molar-refractivity contribution in [3.63, 3.8) is 0 Å². The van der Waals surface area contributed by atoms with E-state index in [1.165, 1.54) is 14.3 Å². The number of para-hydroxylation sites is 1. The first-order valence-corrected chi connectivity index (χ1v) is 6.42. The van der Waals surface area contributed by atoms with Crippen LogP contribution in [-0.4, -0.2) is 21.1 Å². The summed E-state index contributed by atoms with van der Waals surface area (Å²) >= 11 is 0.389. The molecule has 0 saturated carbocycles. The monoisotopic (exact) mass is 266 g/mol. The molecule has 15 heavy (non-hydrogen) atoms. The van der Waals surface area contributed by atoms with Crippen LogP contribution >= 0.6 is 0 Å². The summed E-state index contributed by atoms with van der Waals surface area (Å²) in [5, 5.41) is 0. The van der Waals surface area contributed by atoms with Gasteiger partial charge >= 0.3 is 95.0 Å². The van der Waals surface area contributed by atoms with E-state index < -0.39 is 0 Å². The van der Waals surface area contributed by atoms with Crippen molar-refractivity contribution in [2.45, 2.75) is 6.61 Å². The molecule has 0 amide bonds. The Labute approximate surface area is 95.2 Å². The fourth-order valence-corrected chi connectivity index (χ4v) is 3.76. The molecule has 0 unspecified atom stereocenters. The van der Waals surface area contributed by atoms with Gasteiger partial charge in [-0.3, -0.25) is 0 Å². The van der Waals surface area contributed by atoms with Crippen LogP contribution < -0.4 is 4.57 Å². The Morgan fingerprint density at radius 2 is 2.27 bits per heavy atom. The summed E-state index contributed by atoms with van der Waals surface area (Å²) in [6.45, 7) is 1.04. The molecule has 0 aliphatic heterocycles. The summed E-state index contributed by atoms with van der Waals surface area (Å²) < 4.78 is 10.3. The molecule has 0 atom stereocenters. The van der Waals surface area contributed by atoms with Gasteiger partial charge in [-0.15, -0.1) is 0 Å². The van der Waals surface area contributed by atoms with Crippen molar-refractivity contribution >= 4 is 24.3 Å². The molecule has 0 bridgehead atoms. The van der Waals surface area contributed by atoms with E-state index >= 15 is 0 Å². The molecule has 0 saturated heterocycles. The van der Waals surface area contributed by atoms with Crippen LogP contribution in [0.4, 0.5) is 0 Å². The van der Waals surface area contributed by atoms with Gasteiger partial charge < -0.3 is 0 Å². The minimum atomic E-state index is 0.389. The van der Waals surface area contributed by atoms with Gasteiger partial charge in [0.15, 0.2) is 0 Å². The summed E-state index contributed by atoms with van der Waals surface area (Å²) in [6.07, 6.45) is 5.14. The van der Waals surface area contributed by atoms with Crippen molar-refractivity contribution in [1.82, 2.24) is 0 Å². The maximum absolute atomic E-state index is 5.37. The SMILES string of the molecule is C#CCOCc1[se]c2ccccc2[n+]1C. The average Bonchev–Trinajstić information content (AvgIpc) is 2.57. The van der Waals surface area contributed by atoms with Gasteiger partial charge in [-0.05, 0) is 0 Å². The number of aromatic nitrogens is 1. The van der Waals surface area contributed by atoms with E-state index in [-0.39, 0.29) is 0 Å². The van der Waals surface area contributed by atoms with E-state index in [9.17, 15) is 0 Å². The molecule has 0 fully saturated rings. The van der Waals surface area contributed by atoms with Gasteiger partial charge in [0.05, 0.1) is 0 Å². The Morgan fingerprint density at radius 3 is 3.00 bits per heavy atom. The number of fused-ring (bicyclic) bond motifs is 1. The number of nitrogens with zero attached hydrogens (tertiary/aromatic N) is 1. The molecule has 3 heteroatoms. The Balaban J connectivity index is 2.29. The topological polar surface area (TPSA) is 13.1 Å². The molecule has 2 rings (SSSR count). The fourth-order valence-electron chi connectivity index (χ4n) is 1.47. The summed E-state index contributed by atoms with van der Waals surface area (Å²) in [5.41, 5.74) is 1.30. The second-order valence-corrected chi connectivity index (χ2v) is 5.56. The van der Waals surface area contributed by atoms with E-state index in [4.69, 9.17) is 11.2 Å². The van der Waals surface area contributed by atoms with Crippen LogP contribution in [0.2, 0.25) is 0 Å². The van der Waals surface area contributed by atoms with Gasteiger partial charge in [-0.2, -0.15) is 0 Å². The van der Waals surface area contributed by atoms with Crippen molar-refractivity contribution in [3.8, 4) is 12.3 Å². The third-order valence-corrected chi connectivity index (χ3v) is 4.74. The quantitative estimate of drug-likeness (QED) is 0.347. The minimum absolute atomic E-state index is 0.389. The molecule has 0 aliphatic carbocycles. The molecule has 2 aromatic rings. The molecule has 1 aromatic carbocycles. The predicted octanol–water partition coefficient (Wildman–Crippen LogP) is 0.871. The van der Waals surface area contributed by atoms with Crippen LogP contribution in [0.5, 0.6) is 0 Å². The Hall–Kier alpha value is -1.07. The third-order valence-electron chi connectivity index (χ3n) is 2.24. The Bertz CT molecular complexity index is 510. The molecule has 1 aromatic heterocycles. The first-order valence-electron chi connectivity index (χ1n) is 4.70. The number of ether oxygens (including phenoxy) is 1. The summed E-state index contributed by atoms with van der Waals surface area (Å²) in [5.74, 6) is 2.48. The maximum atomic E-state index is 5.37. The zero-order valence-electron chi connectivity index (χ0n) is 8.56. The van der Waals surface area contributed by atoms with E-state index in [2.05, 4.69) is 41.8 Å². The zero-order chi connectivity index (χ0) is 10.7. The summed E-state index contributed by atoms with van der Waals surface area (Å²) in [6, 6.07) is 8.47. The van der Waals surface area contributed by atoms with Gasteiger partial charge in [-0.25, -0.2) is 0 Å². The first kappa shape index (κ1) is 10.4. The number of terminal acetylenes is 1. The molecule has 0 radical (unpaired) electrons. The van der Waals surface area contributed by atoms with Gasteiger partial charge in [0.1, 0.15) is 0 Å². The first-order chi connectivity index (χ1) is 7.33. The summed E-state index contributed by atoms with van der Waals surface area (Å²) in [7, 11) is 2.09. The molecular formula is C12H12NOSe+. The van der Waals surface area contributed by atoms with E-state index in [1.54, 1.807) is 0 Å². The van der Waals surface area contributed by atoms with Crippen LogP contribution in [0, 0.1) is 12.3 Å². The van der Waals surface area contributed by atoms with Gasteiger partial charge in [-0.1, -0.05) is 0 Å². The van der Waals surface area contributed by atoms with Crippen molar-refractivity contribution in [1.29, 1.82) is 0 Å². The molecule has 0 spiro atoms. The second-order valence-electron chi connectivity index (χ2n) is 3.22. The fraction of sp³-hybridized carbons (Fsp3) is 0.250. The second kappa shape index (κ2) is 4.63. The van der Waals surface area contributed by atoms with E-state index in [0.717, 1.165) is 0 Å². The molecule has 0 N–H and O–H groups in total. The molecule has 76 valence electrons. The molecule has 1 heterocycles. The number of hydrogen-bond acceptors (Lipinski definition) is 1. The third kappa shape index (κ3) is 2.13. The van der Waals surface area contributed by atoms with Crippen molar-refractivity contribution in [2.24, 2.45) is 7.05 Å². The van der Waals surface area contributed by atoms with Crippen LogP contribution in [-0.2, 0) is 18.4 Å². The number of benzene rings is 1. The van der Waals surface area contributed by atoms with Gasteiger partial charge in [0.2, 0.25) is 0 Å². The molecule has 0 aliphatic rings. The normalized spacial score (nSPS) is 10.4. The summed E-state index contributed by atoms with van der Waals surface area (Å²) in [4.78, 5) is 0. The van der Waals surface area contributed by atoms with Crippen molar-refractivity contribution < 1.29 is 9.30 Å². The van der Waals surface area contributed by atoms with Crippen LogP contribution in [0.15, 0.2) is 24.3 Å². The van der Waals surface area contributed by atoms with Crippen LogP contribution in [0.25, 0.3) is 9.78 Å². The van der Waals surface area contributed by atoms with E-state index in [0.29, 0.717) is 27.7 Å². The van der Waals surface area contributed by atoms with Crippen molar-refractivity contribution in [2.75, 3.05) is 6.61 Å². The molecular weight excluding hydrogens is 253 g/mol. The molecule has 2 nitrogen and oxygen atoms in total. The van der Waals surface area contributed by atoms with Crippen molar-refractivity contribution in [3.05, 3.63) is 28.8 Å². The Kier molecular flexibility index (Phi) is 3.23. The number of rotatable bonds is 3. The van der Waals surface area contributed by atoms with E-state index in [1.807, 2.05) is 0 Å². The van der Waals surface area contributed by atoms with Crippen LogP contribution in [0.3, 0.4) is 0 Å². The van der Waals surface area contributed by atoms with Gasteiger partial charge in [0.25, 0.3) is 0 Å². The van der Waals surface area contributed by atoms with Gasteiger partial charge in [0, 0.05) is 0 Å².